The lowest BCUT2D eigenvalue weighted by Crippen LogP contribution is -2.27. The van der Waals surface area contributed by atoms with Crippen molar-refractivity contribution in [1.82, 2.24) is 0 Å². The number of amides is 1. The maximum absolute atomic E-state index is 12.4. The highest BCUT2D eigenvalue weighted by Gasteiger charge is 2.15. The van der Waals surface area contributed by atoms with E-state index < -0.39 is 6.04 Å². The van der Waals surface area contributed by atoms with Crippen LogP contribution in [0.5, 0.6) is 0 Å². The van der Waals surface area contributed by atoms with E-state index in [4.69, 9.17) is 5.73 Å². The van der Waals surface area contributed by atoms with Gasteiger partial charge in [0, 0.05) is 17.2 Å². The number of nitrogens with two attached hydrogens (primary N) is 1. The first-order valence-corrected chi connectivity index (χ1v) is 9.51. The Labute approximate surface area is 158 Å². The van der Waals surface area contributed by atoms with Crippen LogP contribution in [-0.2, 0) is 20.1 Å². The quantitative estimate of drug-likeness (QED) is 0.548. The van der Waals surface area contributed by atoms with Crippen molar-refractivity contribution in [2.24, 2.45) is 5.73 Å². The van der Waals surface area contributed by atoms with Gasteiger partial charge in [0.2, 0.25) is 5.91 Å². The van der Waals surface area contributed by atoms with Crippen molar-refractivity contribution >= 4 is 29.3 Å². The molecule has 0 radical (unpaired) electrons. The number of ether oxygens (including phenoxy) is 1. The molecule has 0 saturated heterocycles. The number of carbonyl (C=O) groups is 2. The summed E-state index contributed by atoms with van der Waals surface area (Å²) in [6, 6.07) is 14.5. The summed E-state index contributed by atoms with van der Waals surface area (Å²) >= 11 is 1.64. The number of benzene rings is 2. The fourth-order valence-corrected chi connectivity index (χ4v) is 3.20. The summed E-state index contributed by atoms with van der Waals surface area (Å²) in [5.41, 5.74) is 9.74. The molecule has 0 saturated carbocycles. The van der Waals surface area contributed by atoms with Crippen LogP contribution in [0.4, 0.5) is 5.69 Å². The molecule has 6 heteroatoms. The van der Waals surface area contributed by atoms with Crippen LogP contribution in [0.15, 0.2) is 48.5 Å². The molecular formula is C20H24N2O3S. The van der Waals surface area contributed by atoms with E-state index in [9.17, 15) is 9.59 Å². The first kappa shape index (κ1) is 20.0. The molecule has 1 atom stereocenters. The molecule has 0 spiro atoms. The molecule has 3 N–H and O–H groups in total. The van der Waals surface area contributed by atoms with Crippen molar-refractivity contribution in [2.75, 3.05) is 18.2 Å². The number of esters is 1. The Morgan fingerprint density at radius 3 is 2.62 bits per heavy atom. The SMILES string of the molecule is COC(=O)CCSCc1cccc(NC(=O)C(N)c2ccc(C)cc2)c1. The molecule has 0 fully saturated rings. The summed E-state index contributed by atoms with van der Waals surface area (Å²) in [4.78, 5) is 23.5. The van der Waals surface area contributed by atoms with Gasteiger partial charge in [-0.25, -0.2) is 0 Å². The zero-order valence-corrected chi connectivity index (χ0v) is 15.8. The third kappa shape index (κ3) is 6.20. The third-order valence-corrected chi connectivity index (χ3v) is 4.89. The second-order valence-corrected chi connectivity index (χ2v) is 7.06. The van der Waals surface area contributed by atoms with Gasteiger partial charge in [0.25, 0.3) is 0 Å². The van der Waals surface area contributed by atoms with Crippen molar-refractivity contribution in [1.29, 1.82) is 0 Å². The van der Waals surface area contributed by atoms with Gasteiger partial charge in [0.1, 0.15) is 6.04 Å². The number of carbonyl (C=O) groups excluding carboxylic acids is 2. The van der Waals surface area contributed by atoms with E-state index in [0.717, 1.165) is 22.4 Å². The lowest BCUT2D eigenvalue weighted by Gasteiger charge is -2.13. The molecule has 0 heterocycles. The van der Waals surface area contributed by atoms with Crippen LogP contribution in [0.25, 0.3) is 0 Å². The Kier molecular flexibility index (Phi) is 7.69. The Balaban J connectivity index is 1.89. The number of hydrogen-bond acceptors (Lipinski definition) is 5. The largest absolute Gasteiger partial charge is 0.469 e. The Morgan fingerprint density at radius 2 is 1.92 bits per heavy atom. The standard InChI is InChI=1S/C20H24N2O3S/c1-14-6-8-16(9-7-14)19(21)20(24)22-17-5-3-4-15(12-17)13-26-11-10-18(23)25-2/h3-9,12,19H,10-11,13,21H2,1-2H3,(H,22,24). The molecular weight excluding hydrogens is 348 g/mol. The summed E-state index contributed by atoms with van der Waals surface area (Å²) in [5, 5.41) is 2.87. The second kappa shape index (κ2) is 9.99. The Morgan fingerprint density at radius 1 is 1.19 bits per heavy atom. The summed E-state index contributed by atoms with van der Waals surface area (Å²) in [7, 11) is 1.39. The minimum atomic E-state index is -0.714. The molecule has 2 rings (SSSR count). The van der Waals surface area contributed by atoms with Gasteiger partial charge >= 0.3 is 5.97 Å². The molecule has 5 nitrogen and oxygen atoms in total. The minimum Gasteiger partial charge on any atom is -0.469 e. The molecule has 1 unspecified atom stereocenters. The Bertz CT molecular complexity index is 747. The smallest absolute Gasteiger partial charge is 0.306 e. The first-order valence-electron chi connectivity index (χ1n) is 8.36. The predicted octanol–water partition coefficient (Wildman–Crippen LogP) is 3.43. The van der Waals surface area contributed by atoms with Crippen LogP contribution in [-0.4, -0.2) is 24.7 Å². The number of methoxy groups -OCH3 is 1. The summed E-state index contributed by atoms with van der Waals surface area (Å²) in [6.45, 7) is 1.99. The highest BCUT2D eigenvalue weighted by atomic mass is 32.2. The number of nitrogens with one attached hydrogen (secondary N) is 1. The number of anilines is 1. The average Bonchev–Trinajstić information content (AvgIpc) is 2.65. The molecule has 0 aliphatic carbocycles. The molecule has 0 aromatic heterocycles. The summed E-state index contributed by atoms with van der Waals surface area (Å²) in [6.07, 6.45) is 0.392. The van der Waals surface area contributed by atoms with E-state index in [-0.39, 0.29) is 11.9 Å². The summed E-state index contributed by atoms with van der Waals surface area (Å²) in [5.74, 6) is 1.000. The van der Waals surface area contributed by atoms with Crippen molar-refractivity contribution in [2.45, 2.75) is 25.1 Å². The van der Waals surface area contributed by atoms with Crippen molar-refractivity contribution in [3.05, 3.63) is 65.2 Å². The zero-order chi connectivity index (χ0) is 18.9. The van der Waals surface area contributed by atoms with E-state index in [1.54, 1.807) is 11.8 Å². The normalized spacial score (nSPS) is 11.7. The minimum absolute atomic E-state index is 0.205. The highest BCUT2D eigenvalue weighted by molar-refractivity contribution is 7.98. The van der Waals surface area contributed by atoms with Crippen molar-refractivity contribution < 1.29 is 14.3 Å². The molecule has 2 aromatic rings. The van der Waals surface area contributed by atoms with Crippen LogP contribution in [0.1, 0.15) is 29.2 Å². The van der Waals surface area contributed by atoms with Crippen LogP contribution in [0.3, 0.4) is 0 Å². The van der Waals surface area contributed by atoms with E-state index >= 15 is 0 Å². The number of rotatable bonds is 8. The molecule has 0 bridgehead atoms. The fraction of sp³-hybridized carbons (Fsp3) is 0.300. The molecule has 0 aliphatic heterocycles. The van der Waals surface area contributed by atoms with Gasteiger partial charge in [0.05, 0.1) is 13.5 Å². The van der Waals surface area contributed by atoms with Gasteiger partial charge in [-0.05, 0) is 30.2 Å². The monoisotopic (exact) mass is 372 g/mol. The lowest BCUT2D eigenvalue weighted by molar-refractivity contribution is -0.140. The van der Waals surface area contributed by atoms with Gasteiger partial charge in [-0.3, -0.25) is 9.59 Å². The van der Waals surface area contributed by atoms with E-state index in [1.807, 2.05) is 55.5 Å². The molecule has 26 heavy (non-hydrogen) atoms. The lowest BCUT2D eigenvalue weighted by atomic mass is 10.1. The van der Waals surface area contributed by atoms with Gasteiger partial charge in [0.15, 0.2) is 0 Å². The van der Waals surface area contributed by atoms with Crippen molar-refractivity contribution in [3.8, 4) is 0 Å². The first-order chi connectivity index (χ1) is 12.5. The van der Waals surface area contributed by atoms with Crippen molar-refractivity contribution in [3.63, 3.8) is 0 Å². The van der Waals surface area contributed by atoms with Crippen LogP contribution in [0, 0.1) is 6.92 Å². The van der Waals surface area contributed by atoms with Gasteiger partial charge in [-0.15, -0.1) is 0 Å². The van der Waals surface area contributed by atoms with Crippen LogP contribution < -0.4 is 11.1 Å². The number of aryl methyl sites for hydroxylation is 1. The maximum Gasteiger partial charge on any atom is 0.306 e. The fourth-order valence-electron chi connectivity index (χ4n) is 2.33. The predicted molar refractivity (Wildman–Crippen MR) is 106 cm³/mol. The van der Waals surface area contributed by atoms with Crippen LogP contribution in [0.2, 0.25) is 0 Å². The van der Waals surface area contributed by atoms with Crippen LogP contribution >= 0.6 is 11.8 Å². The molecule has 2 aromatic carbocycles. The Hall–Kier alpha value is -2.31. The second-order valence-electron chi connectivity index (χ2n) is 5.96. The maximum atomic E-state index is 12.4. The third-order valence-electron chi connectivity index (χ3n) is 3.86. The topological polar surface area (TPSA) is 81.4 Å². The van der Waals surface area contributed by atoms with Gasteiger partial charge in [-0.2, -0.15) is 11.8 Å². The zero-order valence-electron chi connectivity index (χ0n) is 15.0. The number of hydrogen-bond donors (Lipinski definition) is 2. The molecule has 1 amide bonds. The summed E-state index contributed by atoms with van der Waals surface area (Å²) < 4.78 is 4.62. The molecule has 0 aliphatic rings. The average molecular weight is 372 g/mol. The van der Waals surface area contributed by atoms with E-state index in [1.165, 1.54) is 7.11 Å². The highest BCUT2D eigenvalue weighted by Crippen LogP contribution is 2.19. The van der Waals surface area contributed by atoms with E-state index in [0.29, 0.717) is 17.9 Å². The van der Waals surface area contributed by atoms with Gasteiger partial charge in [-0.1, -0.05) is 42.0 Å². The van der Waals surface area contributed by atoms with E-state index in [2.05, 4.69) is 10.1 Å². The number of thioether (sulfide) groups is 1. The van der Waals surface area contributed by atoms with Gasteiger partial charge < -0.3 is 15.8 Å². The molecule has 138 valence electrons.